The molecule has 0 aliphatic carbocycles. The van der Waals surface area contributed by atoms with Gasteiger partial charge in [-0.1, -0.05) is 78.3 Å². The third-order valence-corrected chi connectivity index (χ3v) is 12.0. The van der Waals surface area contributed by atoms with E-state index in [0.29, 0.717) is 5.15 Å². The Morgan fingerprint density at radius 2 is 1.11 bits per heavy atom. The number of aliphatic hydroxyl groups excluding tert-OH is 2. The number of aliphatic hydroxyl groups is 2. The van der Waals surface area contributed by atoms with E-state index in [1.807, 2.05) is 153 Å². The van der Waals surface area contributed by atoms with Gasteiger partial charge in [0.25, 0.3) is 0 Å². The predicted octanol–water partition coefficient (Wildman–Crippen LogP) is 9.78. The molecule has 326 valence electrons. The van der Waals surface area contributed by atoms with Gasteiger partial charge in [-0.2, -0.15) is 0 Å². The van der Waals surface area contributed by atoms with Crippen LogP contribution in [-0.2, 0) is 39.2 Å². The Bertz CT molecular complexity index is 2540. The second kappa shape index (κ2) is 19.1. The number of carbonyl (C=O) groups is 2. The summed E-state index contributed by atoms with van der Waals surface area (Å²) in [6.45, 7) is 19.0. The van der Waals surface area contributed by atoms with Crippen molar-refractivity contribution >= 4 is 57.7 Å². The Balaban J connectivity index is 0.000000183. The summed E-state index contributed by atoms with van der Waals surface area (Å²) in [6.07, 6.45) is 2.59. The fraction of sp³-hybridized carbons (Fsp3) is 0.360. The first-order valence-corrected chi connectivity index (χ1v) is 20.9. The van der Waals surface area contributed by atoms with Crippen molar-refractivity contribution in [2.45, 2.75) is 103 Å². The van der Waals surface area contributed by atoms with Crippen LogP contribution in [0.5, 0.6) is 0 Å². The average molecular weight is 861 g/mol. The van der Waals surface area contributed by atoms with Crippen molar-refractivity contribution in [2.75, 3.05) is 14.2 Å². The number of halogens is 1. The lowest BCUT2D eigenvalue weighted by Crippen LogP contribution is -2.41. The van der Waals surface area contributed by atoms with Gasteiger partial charge in [0.15, 0.2) is 0 Å². The molecule has 0 bridgehead atoms. The van der Waals surface area contributed by atoms with E-state index >= 15 is 0 Å². The van der Waals surface area contributed by atoms with E-state index < -0.39 is 30.2 Å². The van der Waals surface area contributed by atoms with Crippen LogP contribution in [-0.4, -0.2) is 64.7 Å². The quantitative estimate of drug-likeness (QED) is 0.0865. The molecule has 2 N–H and O–H groups in total. The minimum Gasteiger partial charge on any atom is -0.468 e. The Morgan fingerprint density at radius 3 is 1.61 bits per heavy atom. The number of benzene rings is 4. The summed E-state index contributed by atoms with van der Waals surface area (Å²) in [5, 5.41) is 23.8. The van der Waals surface area contributed by atoms with Gasteiger partial charge in [0, 0.05) is 28.7 Å². The molecule has 0 saturated carbocycles. The number of methoxy groups -OCH3 is 2. The number of hydrogen-bond acceptors (Lipinski definition) is 10. The maximum atomic E-state index is 12.1. The smallest absolute Gasteiger partial charge is 0.468 e. The largest absolute Gasteiger partial charge is 0.494 e. The molecule has 0 amide bonds. The highest BCUT2D eigenvalue weighted by molar-refractivity contribution is 6.62. The first-order valence-electron chi connectivity index (χ1n) is 20.6. The molecule has 12 heteroatoms. The molecular formula is C50H58BClN2O8. The summed E-state index contributed by atoms with van der Waals surface area (Å²) in [6, 6.07) is 31.0. The van der Waals surface area contributed by atoms with Crippen molar-refractivity contribution in [2.24, 2.45) is 0 Å². The van der Waals surface area contributed by atoms with Gasteiger partial charge in [-0.15, -0.1) is 0 Å². The molecule has 6 aromatic rings. The number of rotatable bonds is 8. The van der Waals surface area contributed by atoms with Crippen LogP contribution in [0.3, 0.4) is 0 Å². The third-order valence-electron chi connectivity index (χ3n) is 11.8. The van der Waals surface area contributed by atoms with E-state index in [1.165, 1.54) is 14.2 Å². The van der Waals surface area contributed by atoms with Gasteiger partial charge in [-0.3, -0.25) is 14.6 Å². The second-order valence-corrected chi connectivity index (χ2v) is 18.1. The van der Waals surface area contributed by atoms with Crippen LogP contribution in [0.4, 0.5) is 0 Å². The summed E-state index contributed by atoms with van der Waals surface area (Å²) in [5.41, 5.74) is 3.97. The normalized spacial score (nSPS) is 15.4. The van der Waals surface area contributed by atoms with Gasteiger partial charge in [0.1, 0.15) is 5.15 Å². The molecule has 1 saturated heterocycles. The molecule has 1 aliphatic rings. The highest BCUT2D eigenvalue weighted by Gasteiger charge is 2.52. The van der Waals surface area contributed by atoms with Gasteiger partial charge >= 0.3 is 19.1 Å². The molecule has 10 nitrogen and oxygen atoms in total. The van der Waals surface area contributed by atoms with Crippen LogP contribution in [0.15, 0.2) is 109 Å². The topological polar surface area (TPSA) is 137 Å². The summed E-state index contributed by atoms with van der Waals surface area (Å²) < 4.78 is 22.0. The number of aromatic nitrogens is 2. The molecule has 1 aliphatic heterocycles. The van der Waals surface area contributed by atoms with E-state index in [1.54, 1.807) is 26.1 Å². The number of nitrogens with zero attached hydrogens (tertiary/aromatic N) is 2. The number of pyridine rings is 2. The highest BCUT2D eigenvalue weighted by Crippen LogP contribution is 2.37. The van der Waals surface area contributed by atoms with Crippen molar-refractivity contribution in [3.63, 3.8) is 0 Å². The monoisotopic (exact) mass is 860 g/mol. The van der Waals surface area contributed by atoms with Crippen molar-refractivity contribution in [3.8, 4) is 11.3 Å². The molecule has 0 unspecified atom stereocenters. The number of hydrogen-bond donors (Lipinski definition) is 2. The number of fused-ring (bicyclic) bond motifs is 2. The predicted molar refractivity (Wildman–Crippen MR) is 247 cm³/mol. The Hall–Kier alpha value is -5.17. The SMILES string of the molecule is COC(=O)C(C)(C)c1cccc(-c2cc3cc([C@@H](C)O)ccc3cn2)c1.COC(=O)C(C)(C)c1cccc(B2OC(C)(C)C(C)(C)O2)c1.C[C@@H](O)c1ccc2cnc(Cl)cc2c1. The van der Waals surface area contributed by atoms with Gasteiger partial charge in [-0.25, -0.2) is 4.98 Å². The molecule has 0 radical (unpaired) electrons. The fourth-order valence-corrected chi connectivity index (χ4v) is 7.00. The first-order chi connectivity index (χ1) is 29.0. The van der Waals surface area contributed by atoms with Gasteiger partial charge in [0.05, 0.1) is 54.2 Å². The number of ether oxygens (including phenoxy) is 2. The molecular weight excluding hydrogens is 803 g/mol. The van der Waals surface area contributed by atoms with Gasteiger partial charge in [-0.05, 0) is 138 Å². The fourth-order valence-electron chi connectivity index (χ4n) is 6.84. The first kappa shape index (κ1) is 47.9. The summed E-state index contributed by atoms with van der Waals surface area (Å²) in [4.78, 5) is 32.6. The van der Waals surface area contributed by atoms with Gasteiger partial charge < -0.3 is 29.0 Å². The lowest BCUT2D eigenvalue weighted by atomic mass is 9.75. The minimum absolute atomic E-state index is 0.265. The summed E-state index contributed by atoms with van der Waals surface area (Å²) in [5.74, 6) is -0.540. The van der Waals surface area contributed by atoms with Crippen molar-refractivity contribution < 1.29 is 38.6 Å². The van der Waals surface area contributed by atoms with Crippen LogP contribution in [0.25, 0.3) is 32.8 Å². The molecule has 7 rings (SSSR count). The molecule has 3 heterocycles. The zero-order chi connectivity index (χ0) is 45.8. The maximum Gasteiger partial charge on any atom is 0.494 e. The molecule has 2 aromatic heterocycles. The standard InChI is InChI=1S/C22H23NO3.C17H25BO4.C11H10ClNO/c1-14(24)15-8-9-17-13-23-20(12-18(17)10-15)16-6-5-7-19(11-16)22(2,3)21(25)26-4;1-15(2,14(19)20-7)12-9-8-10-13(11-12)18-21-16(3,4)17(5,6)22-18;1-7(14)8-2-3-9-6-13-11(12)5-10(9)4-8/h5-14,24H,1-4H3;8-11H,1-7H3;2-7,14H,1H3/t14-;;7-/m1.1/s1. The highest BCUT2D eigenvalue weighted by atomic mass is 35.5. The zero-order valence-corrected chi connectivity index (χ0v) is 38.5. The number of carbonyl (C=O) groups excluding carboxylic acids is 2. The Kier molecular flexibility index (Phi) is 14.7. The van der Waals surface area contributed by atoms with Crippen LogP contribution in [0.2, 0.25) is 5.15 Å². The minimum atomic E-state index is -0.735. The van der Waals surface area contributed by atoms with E-state index in [-0.39, 0.29) is 23.1 Å². The average Bonchev–Trinajstić information content (AvgIpc) is 3.48. The molecule has 1 fully saturated rings. The lowest BCUT2D eigenvalue weighted by molar-refractivity contribution is -0.147. The maximum absolute atomic E-state index is 12.1. The van der Waals surface area contributed by atoms with E-state index in [4.69, 9.17) is 30.4 Å². The summed E-state index contributed by atoms with van der Waals surface area (Å²) in [7, 11) is 2.37. The Morgan fingerprint density at radius 1 is 0.645 bits per heavy atom. The van der Waals surface area contributed by atoms with Crippen LogP contribution in [0.1, 0.15) is 104 Å². The lowest BCUT2D eigenvalue weighted by Gasteiger charge is -2.32. The molecule has 2 atom stereocenters. The van der Waals surface area contributed by atoms with Gasteiger partial charge in [0.2, 0.25) is 0 Å². The van der Waals surface area contributed by atoms with Crippen molar-refractivity contribution in [1.82, 2.24) is 9.97 Å². The van der Waals surface area contributed by atoms with E-state index in [0.717, 1.165) is 60.5 Å². The van der Waals surface area contributed by atoms with Crippen molar-refractivity contribution in [1.29, 1.82) is 0 Å². The van der Waals surface area contributed by atoms with E-state index in [2.05, 4.69) is 9.97 Å². The molecule has 4 aromatic carbocycles. The van der Waals surface area contributed by atoms with Crippen LogP contribution >= 0.6 is 11.6 Å². The Labute approximate surface area is 370 Å². The van der Waals surface area contributed by atoms with Crippen LogP contribution < -0.4 is 5.46 Å². The van der Waals surface area contributed by atoms with Crippen LogP contribution in [0, 0.1) is 0 Å². The van der Waals surface area contributed by atoms with E-state index in [9.17, 15) is 19.8 Å². The van der Waals surface area contributed by atoms with Crippen molar-refractivity contribution in [3.05, 3.63) is 137 Å². The second-order valence-electron chi connectivity index (χ2n) is 17.7. The zero-order valence-electron chi connectivity index (χ0n) is 37.7. The summed E-state index contributed by atoms with van der Waals surface area (Å²) >= 11 is 5.78. The number of esters is 2. The third kappa shape index (κ3) is 10.7. The molecule has 62 heavy (non-hydrogen) atoms. The molecule has 0 spiro atoms.